The van der Waals surface area contributed by atoms with Crippen molar-refractivity contribution in [1.29, 1.82) is 0 Å². The molecule has 1 aliphatic heterocycles. The zero-order valence-corrected chi connectivity index (χ0v) is 20.3. The first-order valence-corrected chi connectivity index (χ1v) is 12.9. The summed E-state index contributed by atoms with van der Waals surface area (Å²) in [5, 5.41) is 14.9. The van der Waals surface area contributed by atoms with Crippen molar-refractivity contribution < 1.29 is 9.90 Å². The van der Waals surface area contributed by atoms with Crippen LogP contribution in [0.5, 0.6) is 0 Å². The van der Waals surface area contributed by atoms with Crippen LogP contribution in [0.15, 0.2) is 36.5 Å². The average Bonchev–Trinajstić information content (AvgIpc) is 2.81. The molecule has 3 atom stereocenters. The lowest BCUT2D eigenvalue weighted by Gasteiger charge is -2.58. The average molecular weight is 482 g/mol. The van der Waals surface area contributed by atoms with Crippen molar-refractivity contribution in [3.05, 3.63) is 47.2 Å². The minimum Gasteiger partial charge on any atom is -0.390 e. The summed E-state index contributed by atoms with van der Waals surface area (Å²) in [7, 11) is 0. The van der Waals surface area contributed by atoms with E-state index in [-0.39, 0.29) is 18.0 Å². The first-order valence-electron chi connectivity index (χ1n) is 12.5. The highest BCUT2D eigenvalue weighted by Crippen LogP contribution is 2.55. The van der Waals surface area contributed by atoms with Gasteiger partial charge in [-0.3, -0.25) is 4.79 Å². The minimum atomic E-state index is -0.496. The normalized spacial score (nSPS) is 34.4. The van der Waals surface area contributed by atoms with Gasteiger partial charge < -0.3 is 20.2 Å². The third-order valence-corrected chi connectivity index (χ3v) is 8.74. The van der Waals surface area contributed by atoms with E-state index in [0.29, 0.717) is 29.4 Å². The standard InChI is InChI=1S/C26H32ClN5O2/c1-16-15-31(21-4-2-20(27)3-5-21)8-9-32(16)25-28-7-6-22(29-25)24(33)30-23-18-10-17-11-19(23)14-26(34,12-17)13-18/h2-7,16-19,23,34H,8-15H2,1H3,(H,30,33)/t16-,17?,18?,19?,23-,26-/m1/s1. The number of carbonyl (C=O) groups excluding carboxylic acids is 1. The third-order valence-electron chi connectivity index (χ3n) is 8.49. The van der Waals surface area contributed by atoms with Crippen molar-refractivity contribution in [3.63, 3.8) is 0 Å². The Morgan fingerprint density at radius 3 is 2.53 bits per heavy atom. The molecule has 1 amide bonds. The van der Waals surface area contributed by atoms with Gasteiger partial charge >= 0.3 is 0 Å². The first kappa shape index (κ1) is 22.1. The molecule has 5 aliphatic rings. The number of hydrogen-bond donors (Lipinski definition) is 2. The molecule has 2 N–H and O–H groups in total. The first-order chi connectivity index (χ1) is 16.4. The van der Waals surface area contributed by atoms with Crippen LogP contribution >= 0.6 is 11.6 Å². The monoisotopic (exact) mass is 481 g/mol. The summed E-state index contributed by atoms with van der Waals surface area (Å²) < 4.78 is 0. The summed E-state index contributed by atoms with van der Waals surface area (Å²) >= 11 is 6.04. The number of piperazine rings is 1. The van der Waals surface area contributed by atoms with Gasteiger partial charge in [0.15, 0.2) is 0 Å². The molecule has 2 heterocycles. The number of benzene rings is 1. The van der Waals surface area contributed by atoms with E-state index in [2.05, 4.69) is 44.1 Å². The molecule has 2 unspecified atom stereocenters. The summed E-state index contributed by atoms with van der Waals surface area (Å²) in [5.41, 5.74) is 1.08. The Labute approximate surface area is 205 Å². The van der Waals surface area contributed by atoms with Crippen LogP contribution in [-0.4, -0.2) is 58.3 Å². The van der Waals surface area contributed by atoms with Crippen LogP contribution in [0.3, 0.4) is 0 Å². The maximum absolute atomic E-state index is 13.2. The second-order valence-electron chi connectivity index (χ2n) is 10.9. The summed E-state index contributed by atoms with van der Waals surface area (Å²) in [6, 6.07) is 9.99. The molecule has 1 aromatic heterocycles. The summed E-state index contributed by atoms with van der Waals surface area (Å²) in [4.78, 5) is 26.9. The van der Waals surface area contributed by atoms with Gasteiger partial charge in [0.05, 0.1) is 5.60 Å². The molecule has 7 nitrogen and oxygen atoms in total. The lowest BCUT2D eigenvalue weighted by molar-refractivity contribution is -0.136. The topological polar surface area (TPSA) is 81.6 Å². The fraction of sp³-hybridized carbons (Fsp3) is 0.577. The van der Waals surface area contributed by atoms with E-state index in [1.165, 1.54) is 0 Å². The highest BCUT2D eigenvalue weighted by molar-refractivity contribution is 6.30. The Balaban J connectivity index is 1.13. The van der Waals surface area contributed by atoms with Crippen LogP contribution in [0.2, 0.25) is 5.02 Å². The van der Waals surface area contributed by atoms with Crippen molar-refractivity contribution in [3.8, 4) is 0 Å². The SMILES string of the molecule is C[C@@H]1CN(c2ccc(Cl)cc2)CCN1c1nccc(C(=O)N[C@H]2C3CC4CC2C[C@](O)(C4)C3)n1. The predicted octanol–water partition coefficient (Wildman–Crippen LogP) is 3.51. The minimum absolute atomic E-state index is 0.124. The summed E-state index contributed by atoms with van der Waals surface area (Å²) in [5.74, 6) is 1.86. The highest BCUT2D eigenvalue weighted by atomic mass is 35.5. The van der Waals surface area contributed by atoms with E-state index in [0.717, 1.165) is 62.4 Å². The quantitative estimate of drug-likeness (QED) is 0.695. The number of anilines is 2. The number of carbonyl (C=O) groups is 1. The van der Waals surface area contributed by atoms with E-state index in [4.69, 9.17) is 11.6 Å². The predicted molar refractivity (Wildman–Crippen MR) is 132 cm³/mol. The van der Waals surface area contributed by atoms with Gasteiger partial charge in [0.1, 0.15) is 5.69 Å². The van der Waals surface area contributed by atoms with E-state index in [1.807, 2.05) is 12.1 Å². The third kappa shape index (κ3) is 4.03. The fourth-order valence-corrected chi connectivity index (χ4v) is 7.32. The van der Waals surface area contributed by atoms with Gasteiger partial charge in [-0.15, -0.1) is 0 Å². The zero-order valence-electron chi connectivity index (χ0n) is 19.5. The van der Waals surface area contributed by atoms with Gasteiger partial charge in [0, 0.05) is 48.6 Å². The van der Waals surface area contributed by atoms with Gasteiger partial charge in [0.25, 0.3) is 5.91 Å². The molecule has 0 radical (unpaired) electrons. The molecular weight excluding hydrogens is 450 g/mol. The molecule has 7 rings (SSSR count). The number of nitrogens with zero attached hydrogens (tertiary/aromatic N) is 4. The second-order valence-corrected chi connectivity index (χ2v) is 11.3. The van der Waals surface area contributed by atoms with Gasteiger partial charge in [-0.2, -0.15) is 0 Å². The molecule has 2 aromatic rings. The van der Waals surface area contributed by atoms with Gasteiger partial charge in [0.2, 0.25) is 5.95 Å². The molecule has 1 aromatic carbocycles. The molecule has 34 heavy (non-hydrogen) atoms. The van der Waals surface area contributed by atoms with Crippen molar-refractivity contribution in [1.82, 2.24) is 15.3 Å². The molecule has 4 aliphatic carbocycles. The zero-order chi connectivity index (χ0) is 23.4. The lowest BCUT2D eigenvalue weighted by Crippen LogP contribution is -2.61. The van der Waals surface area contributed by atoms with Gasteiger partial charge in [-0.05, 0) is 87.1 Å². The molecule has 1 saturated heterocycles. The largest absolute Gasteiger partial charge is 0.390 e. The summed E-state index contributed by atoms with van der Waals surface area (Å²) in [6.07, 6.45) is 6.50. The Kier molecular flexibility index (Phi) is 5.45. The Morgan fingerprint density at radius 1 is 1.12 bits per heavy atom. The van der Waals surface area contributed by atoms with Gasteiger partial charge in [-0.1, -0.05) is 11.6 Å². The smallest absolute Gasteiger partial charge is 0.270 e. The summed E-state index contributed by atoms with van der Waals surface area (Å²) in [6.45, 7) is 4.64. The lowest BCUT2D eigenvalue weighted by atomic mass is 9.52. The second kappa shape index (κ2) is 8.38. The molecule has 5 fully saturated rings. The Morgan fingerprint density at radius 2 is 1.85 bits per heavy atom. The molecule has 4 saturated carbocycles. The van der Waals surface area contributed by atoms with E-state index in [1.54, 1.807) is 12.3 Å². The van der Waals surface area contributed by atoms with Crippen LogP contribution in [0.4, 0.5) is 11.6 Å². The van der Waals surface area contributed by atoms with Crippen LogP contribution < -0.4 is 15.1 Å². The van der Waals surface area contributed by atoms with E-state index in [9.17, 15) is 9.90 Å². The highest BCUT2D eigenvalue weighted by Gasteiger charge is 2.55. The molecule has 4 bridgehead atoms. The van der Waals surface area contributed by atoms with Crippen LogP contribution in [0.25, 0.3) is 0 Å². The number of rotatable bonds is 4. The number of amides is 1. The maximum Gasteiger partial charge on any atom is 0.270 e. The van der Waals surface area contributed by atoms with Crippen molar-refractivity contribution in [2.45, 2.75) is 56.7 Å². The van der Waals surface area contributed by atoms with E-state index < -0.39 is 5.60 Å². The number of aromatic nitrogens is 2. The number of aliphatic hydroxyl groups is 1. The van der Waals surface area contributed by atoms with E-state index >= 15 is 0 Å². The molecule has 180 valence electrons. The number of halogens is 1. The number of nitrogens with one attached hydrogen (secondary N) is 1. The number of hydrogen-bond acceptors (Lipinski definition) is 6. The maximum atomic E-state index is 13.2. The Bertz CT molecular complexity index is 1060. The van der Waals surface area contributed by atoms with Crippen LogP contribution in [0, 0.1) is 17.8 Å². The van der Waals surface area contributed by atoms with Crippen LogP contribution in [0.1, 0.15) is 49.5 Å². The fourth-order valence-electron chi connectivity index (χ4n) is 7.20. The van der Waals surface area contributed by atoms with Crippen molar-refractivity contribution in [2.75, 3.05) is 29.4 Å². The molecular formula is C26H32ClN5O2. The Hall–Kier alpha value is -2.38. The van der Waals surface area contributed by atoms with Gasteiger partial charge in [-0.25, -0.2) is 9.97 Å². The molecule has 8 heteroatoms. The van der Waals surface area contributed by atoms with Crippen LogP contribution in [-0.2, 0) is 0 Å². The van der Waals surface area contributed by atoms with Crippen molar-refractivity contribution >= 4 is 29.1 Å². The van der Waals surface area contributed by atoms with Crippen molar-refractivity contribution in [2.24, 2.45) is 17.8 Å². The molecule has 0 spiro atoms.